The predicted molar refractivity (Wildman–Crippen MR) is 103 cm³/mol. The van der Waals surface area contributed by atoms with E-state index in [4.69, 9.17) is 0 Å². The molecule has 1 heterocycles. The monoisotopic (exact) mass is 388 g/mol. The quantitative estimate of drug-likeness (QED) is 0.713. The molecule has 0 bridgehead atoms. The Labute approximate surface area is 157 Å². The number of thiazole rings is 1. The van der Waals surface area contributed by atoms with E-state index in [0.717, 1.165) is 5.56 Å². The molecule has 0 spiro atoms. The summed E-state index contributed by atoms with van der Waals surface area (Å²) in [5.41, 5.74) is 2.73. The van der Waals surface area contributed by atoms with Gasteiger partial charge in [0, 0.05) is 17.2 Å². The molecule has 2 aromatic carbocycles. The number of carbonyl (C=O) groups is 1. The average molecular weight is 388 g/mol. The summed E-state index contributed by atoms with van der Waals surface area (Å²) < 4.78 is 25.2. The maximum Gasteiger partial charge on any atom is 0.230 e. The SMILES string of the molecule is Cc1cccc([S@@](C)=O)c1NC(=O)Cc1csc(-c2cccc(F)c2)n1. The molecule has 1 atom stereocenters. The van der Waals surface area contributed by atoms with Crippen molar-refractivity contribution >= 4 is 33.7 Å². The topological polar surface area (TPSA) is 59.1 Å². The van der Waals surface area contributed by atoms with Gasteiger partial charge in [-0.25, -0.2) is 9.37 Å². The Morgan fingerprint density at radius 3 is 2.77 bits per heavy atom. The first kappa shape index (κ1) is 18.4. The summed E-state index contributed by atoms with van der Waals surface area (Å²) >= 11 is 1.36. The summed E-state index contributed by atoms with van der Waals surface area (Å²) in [6, 6.07) is 11.6. The third-order valence-corrected chi connectivity index (χ3v) is 5.67. The number of aromatic nitrogens is 1. The molecule has 1 N–H and O–H groups in total. The molecule has 1 aromatic heterocycles. The molecule has 7 heteroatoms. The summed E-state index contributed by atoms with van der Waals surface area (Å²) in [7, 11) is -1.20. The number of carbonyl (C=O) groups excluding carboxylic acids is 1. The van der Waals surface area contributed by atoms with Crippen molar-refractivity contribution in [1.29, 1.82) is 0 Å². The van der Waals surface area contributed by atoms with Gasteiger partial charge in [0.25, 0.3) is 0 Å². The number of amides is 1. The Bertz CT molecular complexity index is 985. The number of benzene rings is 2. The van der Waals surface area contributed by atoms with Crippen molar-refractivity contribution in [2.75, 3.05) is 11.6 Å². The Balaban J connectivity index is 1.75. The Kier molecular flexibility index (Phi) is 5.58. The first-order valence-electron chi connectivity index (χ1n) is 7.87. The fourth-order valence-electron chi connectivity index (χ4n) is 2.53. The number of nitrogens with zero attached hydrogens (tertiary/aromatic N) is 1. The fourth-order valence-corrected chi connectivity index (χ4v) is 4.12. The van der Waals surface area contributed by atoms with E-state index in [-0.39, 0.29) is 18.1 Å². The first-order valence-corrected chi connectivity index (χ1v) is 10.3. The molecule has 3 rings (SSSR count). The molecular formula is C19H17FN2O2S2. The minimum absolute atomic E-state index is 0.0932. The maximum absolute atomic E-state index is 13.3. The normalized spacial score (nSPS) is 12.0. The molecule has 0 aliphatic heterocycles. The average Bonchev–Trinajstić information content (AvgIpc) is 3.05. The van der Waals surface area contributed by atoms with Gasteiger partial charge in [0.2, 0.25) is 5.91 Å². The lowest BCUT2D eigenvalue weighted by Crippen LogP contribution is -2.17. The predicted octanol–water partition coefficient (Wildman–Crippen LogP) is 4.18. The van der Waals surface area contributed by atoms with Crippen LogP contribution in [0.1, 0.15) is 11.3 Å². The number of hydrogen-bond donors (Lipinski definition) is 1. The van der Waals surface area contributed by atoms with Crippen LogP contribution in [0.5, 0.6) is 0 Å². The van der Waals surface area contributed by atoms with Crippen molar-refractivity contribution in [2.45, 2.75) is 18.2 Å². The second-order valence-electron chi connectivity index (χ2n) is 5.78. The summed E-state index contributed by atoms with van der Waals surface area (Å²) in [6.07, 6.45) is 1.67. The van der Waals surface area contributed by atoms with Crippen molar-refractivity contribution < 1.29 is 13.4 Å². The number of anilines is 1. The highest BCUT2D eigenvalue weighted by Gasteiger charge is 2.14. The van der Waals surface area contributed by atoms with Crippen LogP contribution < -0.4 is 5.32 Å². The third kappa shape index (κ3) is 4.23. The van der Waals surface area contributed by atoms with Crippen LogP contribution in [0.4, 0.5) is 10.1 Å². The van der Waals surface area contributed by atoms with Crippen molar-refractivity contribution in [1.82, 2.24) is 4.98 Å². The number of hydrogen-bond acceptors (Lipinski definition) is 4. The molecule has 0 saturated carbocycles. The van der Waals surface area contributed by atoms with Crippen molar-refractivity contribution in [3.8, 4) is 10.6 Å². The number of nitrogens with one attached hydrogen (secondary N) is 1. The van der Waals surface area contributed by atoms with Crippen molar-refractivity contribution in [3.63, 3.8) is 0 Å². The minimum atomic E-state index is -1.20. The molecule has 4 nitrogen and oxygen atoms in total. The molecule has 26 heavy (non-hydrogen) atoms. The number of para-hydroxylation sites is 1. The summed E-state index contributed by atoms with van der Waals surface area (Å²) in [4.78, 5) is 17.4. The Morgan fingerprint density at radius 1 is 1.27 bits per heavy atom. The van der Waals surface area contributed by atoms with Crippen LogP contribution >= 0.6 is 11.3 Å². The van der Waals surface area contributed by atoms with Crippen LogP contribution in [0.25, 0.3) is 10.6 Å². The zero-order valence-corrected chi connectivity index (χ0v) is 15.9. The lowest BCUT2D eigenvalue weighted by Gasteiger charge is -2.11. The molecule has 0 unspecified atom stereocenters. The molecular weight excluding hydrogens is 371 g/mol. The van der Waals surface area contributed by atoms with Crippen LogP contribution in [0.15, 0.2) is 52.7 Å². The lowest BCUT2D eigenvalue weighted by atomic mass is 10.2. The molecule has 134 valence electrons. The molecule has 0 aliphatic rings. The molecule has 0 fully saturated rings. The zero-order valence-electron chi connectivity index (χ0n) is 14.3. The maximum atomic E-state index is 13.3. The van der Waals surface area contributed by atoms with E-state index < -0.39 is 10.8 Å². The van der Waals surface area contributed by atoms with Gasteiger partial charge in [0.05, 0.1) is 33.5 Å². The third-order valence-electron chi connectivity index (χ3n) is 3.77. The first-order chi connectivity index (χ1) is 12.4. The Hall–Kier alpha value is -2.38. The van der Waals surface area contributed by atoms with E-state index in [0.29, 0.717) is 26.8 Å². The van der Waals surface area contributed by atoms with Gasteiger partial charge >= 0.3 is 0 Å². The van der Waals surface area contributed by atoms with Crippen LogP contribution in [0, 0.1) is 12.7 Å². The van der Waals surface area contributed by atoms with Crippen LogP contribution in [0.2, 0.25) is 0 Å². The second kappa shape index (κ2) is 7.88. The standard InChI is InChI=1S/C19H17FN2O2S2/c1-12-5-3-8-16(26(2)24)18(12)22-17(23)10-15-11-25-19(21-15)13-6-4-7-14(20)9-13/h3-9,11H,10H2,1-2H3,(H,22,23)/t26-/m1/s1. The summed E-state index contributed by atoms with van der Waals surface area (Å²) in [5, 5.41) is 5.29. The van der Waals surface area contributed by atoms with Gasteiger partial charge < -0.3 is 5.32 Å². The van der Waals surface area contributed by atoms with E-state index in [1.165, 1.54) is 23.5 Å². The highest BCUT2D eigenvalue weighted by Crippen LogP contribution is 2.26. The van der Waals surface area contributed by atoms with Gasteiger partial charge in [-0.3, -0.25) is 9.00 Å². The largest absolute Gasteiger partial charge is 0.324 e. The van der Waals surface area contributed by atoms with Crippen molar-refractivity contribution in [3.05, 3.63) is 64.9 Å². The van der Waals surface area contributed by atoms with Gasteiger partial charge in [-0.2, -0.15) is 0 Å². The molecule has 3 aromatic rings. The van der Waals surface area contributed by atoms with E-state index >= 15 is 0 Å². The van der Waals surface area contributed by atoms with E-state index in [9.17, 15) is 13.4 Å². The van der Waals surface area contributed by atoms with Crippen LogP contribution in [-0.2, 0) is 22.0 Å². The summed E-state index contributed by atoms with van der Waals surface area (Å²) in [6.45, 7) is 1.86. The Morgan fingerprint density at radius 2 is 2.04 bits per heavy atom. The lowest BCUT2D eigenvalue weighted by molar-refractivity contribution is -0.115. The summed E-state index contributed by atoms with van der Waals surface area (Å²) in [5.74, 6) is -0.557. The van der Waals surface area contributed by atoms with E-state index in [1.54, 1.807) is 29.8 Å². The van der Waals surface area contributed by atoms with Gasteiger partial charge in [-0.05, 0) is 30.7 Å². The molecule has 1 amide bonds. The number of halogens is 1. The molecule has 0 radical (unpaired) electrons. The van der Waals surface area contributed by atoms with Crippen molar-refractivity contribution in [2.24, 2.45) is 0 Å². The highest BCUT2D eigenvalue weighted by molar-refractivity contribution is 7.84. The number of aryl methyl sites for hydroxylation is 1. The minimum Gasteiger partial charge on any atom is -0.324 e. The second-order valence-corrected chi connectivity index (χ2v) is 7.99. The highest BCUT2D eigenvalue weighted by atomic mass is 32.2. The van der Waals surface area contributed by atoms with E-state index in [1.807, 2.05) is 19.1 Å². The van der Waals surface area contributed by atoms with Crippen LogP contribution in [-0.4, -0.2) is 21.4 Å². The van der Waals surface area contributed by atoms with Crippen LogP contribution in [0.3, 0.4) is 0 Å². The van der Waals surface area contributed by atoms with Gasteiger partial charge in [0.15, 0.2) is 0 Å². The van der Waals surface area contributed by atoms with E-state index in [2.05, 4.69) is 10.3 Å². The fraction of sp³-hybridized carbons (Fsp3) is 0.158. The number of rotatable bonds is 5. The molecule has 0 saturated heterocycles. The zero-order chi connectivity index (χ0) is 18.7. The molecule has 0 aliphatic carbocycles. The smallest absolute Gasteiger partial charge is 0.230 e. The van der Waals surface area contributed by atoms with Gasteiger partial charge in [-0.15, -0.1) is 11.3 Å². The van der Waals surface area contributed by atoms with Gasteiger partial charge in [-0.1, -0.05) is 24.3 Å². The van der Waals surface area contributed by atoms with Gasteiger partial charge in [0.1, 0.15) is 10.8 Å².